The van der Waals surface area contributed by atoms with Crippen molar-refractivity contribution in [3.8, 4) is 0 Å². The summed E-state index contributed by atoms with van der Waals surface area (Å²) in [6, 6.07) is 25.1. The Balaban J connectivity index is 1.33. The molecule has 5 unspecified atom stereocenters. The summed E-state index contributed by atoms with van der Waals surface area (Å²) < 4.78 is 23.4. The Hall–Kier alpha value is -4.56. The van der Waals surface area contributed by atoms with Crippen molar-refractivity contribution in [2.45, 2.75) is 24.4 Å². The zero-order valence-electron chi connectivity index (χ0n) is 21.4. The van der Waals surface area contributed by atoms with Crippen LogP contribution in [-0.4, -0.2) is 48.3 Å². The maximum atomic E-state index is 14.1. The normalized spacial score (nSPS) is 28.0. The number of hydrogen-bond acceptors (Lipinski definition) is 8. The van der Waals surface area contributed by atoms with Crippen LogP contribution in [0.2, 0.25) is 0 Å². The van der Waals surface area contributed by atoms with Gasteiger partial charge in [0.05, 0.1) is 16.7 Å². The molecule has 2 aliphatic carbocycles. The standard InChI is InChI=1S/C32H26O8/c33-27-31(39-29(35)21-12-6-2-7-13-21)38-25(19-37-28(34)20-10-4-1-5-11-20)26-23-16-17-24(18-23)32(26,27)40-30(36)22-14-8-3-9-15-22/h1-17,23-26,31H,18-19H2/t23?,24?,25-,26?,31?,32?/m1/s1. The Morgan fingerprint density at radius 3 is 1.90 bits per heavy atom. The molecular weight excluding hydrogens is 512 g/mol. The molecule has 0 N–H and O–H groups in total. The molecule has 0 amide bonds. The van der Waals surface area contributed by atoms with Crippen molar-refractivity contribution in [1.29, 1.82) is 0 Å². The van der Waals surface area contributed by atoms with Gasteiger partial charge in [-0.25, -0.2) is 14.4 Å². The van der Waals surface area contributed by atoms with Crippen molar-refractivity contribution in [2.75, 3.05) is 6.61 Å². The van der Waals surface area contributed by atoms with Gasteiger partial charge in [0.1, 0.15) is 12.7 Å². The van der Waals surface area contributed by atoms with E-state index in [1.54, 1.807) is 91.0 Å². The molecule has 0 aromatic heterocycles. The smallest absolute Gasteiger partial charge is 0.340 e. The van der Waals surface area contributed by atoms with E-state index in [0.29, 0.717) is 12.0 Å². The van der Waals surface area contributed by atoms with Crippen molar-refractivity contribution >= 4 is 23.7 Å². The van der Waals surface area contributed by atoms with Gasteiger partial charge in [0.2, 0.25) is 5.78 Å². The molecule has 2 bridgehead atoms. The average Bonchev–Trinajstić information content (AvgIpc) is 3.61. The van der Waals surface area contributed by atoms with Gasteiger partial charge >= 0.3 is 17.9 Å². The van der Waals surface area contributed by atoms with Crippen molar-refractivity contribution in [1.82, 2.24) is 0 Å². The van der Waals surface area contributed by atoms with Crippen LogP contribution < -0.4 is 0 Å². The highest BCUT2D eigenvalue weighted by atomic mass is 16.7. The molecule has 1 heterocycles. The van der Waals surface area contributed by atoms with Gasteiger partial charge < -0.3 is 18.9 Å². The van der Waals surface area contributed by atoms with Gasteiger partial charge in [0.25, 0.3) is 6.29 Å². The molecule has 1 aliphatic heterocycles. The van der Waals surface area contributed by atoms with Crippen molar-refractivity contribution < 1.29 is 38.1 Å². The third kappa shape index (κ3) is 4.50. The maximum absolute atomic E-state index is 14.1. The number of carbonyl (C=O) groups is 4. The Labute approximate surface area is 230 Å². The number of Topliss-reactive ketones (excluding diaryl/α,β-unsaturated/α-hetero) is 1. The van der Waals surface area contributed by atoms with Gasteiger partial charge in [-0.1, -0.05) is 66.7 Å². The molecule has 8 heteroatoms. The van der Waals surface area contributed by atoms with E-state index in [2.05, 4.69) is 0 Å². The second kappa shape index (κ2) is 10.5. The van der Waals surface area contributed by atoms with Crippen LogP contribution in [0.25, 0.3) is 0 Å². The Morgan fingerprint density at radius 1 is 0.750 bits per heavy atom. The van der Waals surface area contributed by atoms with Crippen molar-refractivity contribution in [2.24, 2.45) is 17.8 Å². The molecule has 6 rings (SSSR count). The summed E-state index contributed by atoms with van der Waals surface area (Å²) in [4.78, 5) is 53.2. The Kier molecular flexibility index (Phi) is 6.77. The summed E-state index contributed by atoms with van der Waals surface area (Å²) in [7, 11) is 0. The van der Waals surface area contributed by atoms with E-state index >= 15 is 0 Å². The minimum atomic E-state index is -1.67. The van der Waals surface area contributed by atoms with Crippen LogP contribution in [0, 0.1) is 17.8 Å². The third-order valence-corrected chi connectivity index (χ3v) is 7.80. The van der Waals surface area contributed by atoms with E-state index in [9.17, 15) is 19.2 Å². The van der Waals surface area contributed by atoms with E-state index in [1.165, 1.54) is 0 Å². The highest BCUT2D eigenvalue weighted by Crippen LogP contribution is 2.57. The fraction of sp³-hybridized carbons (Fsp3) is 0.250. The van der Waals surface area contributed by atoms with Gasteiger partial charge in [-0.3, -0.25) is 4.79 Å². The lowest BCUT2D eigenvalue weighted by Gasteiger charge is -2.48. The Morgan fingerprint density at radius 2 is 1.30 bits per heavy atom. The van der Waals surface area contributed by atoms with Crippen LogP contribution in [-0.2, 0) is 23.7 Å². The van der Waals surface area contributed by atoms with Crippen LogP contribution in [0.4, 0.5) is 0 Å². The molecule has 6 atom stereocenters. The molecule has 0 spiro atoms. The first-order valence-electron chi connectivity index (χ1n) is 13.1. The van der Waals surface area contributed by atoms with Gasteiger partial charge in [-0.05, 0) is 48.7 Å². The second-order valence-corrected chi connectivity index (χ2v) is 10.1. The topological polar surface area (TPSA) is 105 Å². The summed E-state index contributed by atoms with van der Waals surface area (Å²) >= 11 is 0. The molecule has 1 saturated heterocycles. The number of hydrogen-bond donors (Lipinski definition) is 0. The van der Waals surface area contributed by atoms with E-state index in [0.717, 1.165) is 0 Å². The minimum Gasteiger partial charge on any atom is -0.459 e. The summed E-state index contributed by atoms with van der Waals surface area (Å²) in [5.41, 5.74) is -0.783. The van der Waals surface area contributed by atoms with Crippen molar-refractivity contribution in [3.05, 3.63) is 120 Å². The average molecular weight is 539 g/mol. The predicted molar refractivity (Wildman–Crippen MR) is 141 cm³/mol. The highest BCUT2D eigenvalue weighted by molar-refractivity contribution is 6.00. The molecule has 2 fully saturated rings. The van der Waals surface area contributed by atoms with E-state index in [1.807, 2.05) is 12.2 Å². The molecule has 3 aliphatic rings. The van der Waals surface area contributed by atoms with Gasteiger partial charge in [-0.2, -0.15) is 0 Å². The fourth-order valence-electron chi connectivity index (χ4n) is 6.02. The largest absolute Gasteiger partial charge is 0.459 e. The SMILES string of the molecule is O=C(OC[C@H]1OC(OC(=O)c2ccccc2)C(=O)C2(OC(=O)c3ccccc3)C3C=CC(C3)C12)c1ccccc1. The molecule has 8 nitrogen and oxygen atoms in total. The molecule has 1 saturated carbocycles. The van der Waals surface area contributed by atoms with E-state index in [-0.39, 0.29) is 23.7 Å². The van der Waals surface area contributed by atoms with Gasteiger partial charge in [0.15, 0.2) is 5.60 Å². The molecule has 3 aromatic rings. The highest BCUT2D eigenvalue weighted by Gasteiger charge is 2.70. The zero-order valence-corrected chi connectivity index (χ0v) is 21.4. The number of fused-ring (bicyclic) bond motifs is 5. The first-order valence-corrected chi connectivity index (χ1v) is 13.1. The number of ether oxygens (including phenoxy) is 4. The lowest BCUT2D eigenvalue weighted by molar-refractivity contribution is -0.236. The van der Waals surface area contributed by atoms with Crippen molar-refractivity contribution in [3.63, 3.8) is 0 Å². The molecule has 202 valence electrons. The lowest BCUT2D eigenvalue weighted by Crippen LogP contribution is -2.66. The minimum absolute atomic E-state index is 0.163. The Bertz CT molecular complexity index is 1450. The number of ketones is 1. The predicted octanol–water partition coefficient (Wildman–Crippen LogP) is 4.41. The summed E-state index contributed by atoms with van der Waals surface area (Å²) in [5, 5.41) is 0. The van der Waals surface area contributed by atoms with Crippen LogP contribution in [0.1, 0.15) is 37.5 Å². The molecule has 3 aromatic carbocycles. The third-order valence-electron chi connectivity index (χ3n) is 7.80. The van der Waals surface area contributed by atoms with Crippen LogP contribution in [0.3, 0.4) is 0 Å². The fourth-order valence-corrected chi connectivity index (χ4v) is 6.02. The van der Waals surface area contributed by atoms with Crippen LogP contribution in [0.5, 0.6) is 0 Å². The molecule has 0 radical (unpaired) electrons. The molecular formula is C32H26O8. The number of carbonyl (C=O) groups excluding carboxylic acids is 4. The van der Waals surface area contributed by atoms with Crippen LogP contribution >= 0.6 is 0 Å². The number of allylic oxidation sites excluding steroid dienone is 1. The zero-order chi connectivity index (χ0) is 27.7. The van der Waals surface area contributed by atoms with Gasteiger partial charge in [0, 0.05) is 11.8 Å². The lowest BCUT2D eigenvalue weighted by atomic mass is 9.71. The van der Waals surface area contributed by atoms with E-state index in [4.69, 9.17) is 18.9 Å². The first kappa shape index (κ1) is 25.7. The summed E-state index contributed by atoms with van der Waals surface area (Å²) in [5.74, 6) is -3.90. The number of esters is 3. The number of rotatable bonds is 7. The van der Waals surface area contributed by atoms with Crippen LogP contribution in [0.15, 0.2) is 103 Å². The molecule has 40 heavy (non-hydrogen) atoms. The van der Waals surface area contributed by atoms with E-state index < -0.39 is 53.5 Å². The second-order valence-electron chi connectivity index (χ2n) is 10.1. The summed E-state index contributed by atoms with van der Waals surface area (Å²) in [6.07, 6.45) is 1.84. The number of benzene rings is 3. The summed E-state index contributed by atoms with van der Waals surface area (Å²) in [6.45, 7) is -0.229. The van der Waals surface area contributed by atoms with Gasteiger partial charge in [-0.15, -0.1) is 0 Å². The quantitative estimate of drug-likeness (QED) is 0.248. The monoisotopic (exact) mass is 538 g/mol. The first-order chi connectivity index (χ1) is 19.5. The maximum Gasteiger partial charge on any atom is 0.340 e.